The van der Waals surface area contributed by atoms with Crippen LogP contribution in [0.1, 0.15) is 142 Å². The summed E-state index contributed by atoms with van der Waals surface area (Å²) in [6.07, 6.45) is 26.8. The Bertz CT molecular complexity index is 751. The van der Waals surface area contributed by atoms with E-state index in [0.717, 1.165) is 32.1 Å². The van der Waals surface area contributed by atoms with Crippen molar-refractivity contribution in [2.24, 2.45) is 5.73 Å². The van der Waals surface area contributed by atoms with Crippen LogP contribution in [-0.4, -0.2) is 59.0 Å². The average molecular weight is 633 g/mol. The molecule has 0 saturated carbocycles. The first-order valence-electron chi connectivity index (χ1n) is 17.0. The number of phosphoric ester groups is 1. The lowest BCUT2D eigenvalue weighted by Crippen LogP contribution is -2.47. The van der Waals surface area contributed by atoms with E-state index in [4.69, 9.17) is 14.8 Å². The maximum Gasteiger partial charge on any atom is 0.472 e. The molecule has 254 valence electrons. The lowest BCUT2D eigenvalue weighted by atomic mass is 10.0. The van der Waals surface area contributed by atoms with E-state index >= 15 is 0 Å². The van der Waals surface area contributed by atoms with Gasteiger partial charge in [-0.05, 0) is 25.7 Å². The van der Waals surface area contributed by atoms with Crippen molar-refractivity contribution in [1.29, 1.82) is 0 Å². The molecule has 0 saturated heterocycles. The Morgan fingerprint density at radius 2 is 1.37 bits per heavy atom. The first-order chi connectivity index (χ1) is 20.8. The van der Waals surface area contributed by atoms with Crippen LogP contribution < -0.4 is 11.1 Å². The summed E-state index contributed by atoms with van der Waals surface area (Å²) >= 11 is 0. The molecule has 4 atom stereocenters. The highest BCUT2D eigenvalue weighted by atomic mass is 31.2. The summed E-state index contributed by atoms with van der Waals surface area (Å²) in [7, 11) is -4.37. The maximum atomic E-state index is 12.6. The van der Waals surface area contributed by atoms with Crippen molar-refractivity contribution in [3.05, 3.63) is 24.3 Å². The van der Waals surface area contributed by atoms with Crippen molar-refractivity contribution in [2.45, 2.75) is 161 Å². The fraction of sp³-hybridized carbons (Fsp3) is 0.848. The molecule has 0 aromatic heterocycles. The number of nitrogens with two attached hydrogens (primary N) is 1. The van der Waals surface area contributed by atoms with Crippen molar-refractivity contribution < 1.29 is 33.5 Å². The molecule has 0 aliphatic heterocycles. The first kappa shape index (κ1) is 41.9. The zero-order valence-corrected chi connectivity index (χ0v) is 28.2. The van der Waals surface area contributed by atoms with Gasteiger partial charge in [0.25, 0.3) is 0 Å². The minimum Gasteiger partial charge on any atom is -0.391 e. The van der Waals surface area contributed by atoms with Gasteiger partial charge in [-0.15, -0.1) is 0 Å². The molecule has 0 fully saturated rings. The van der Waals surface area contributed by atoms with E-state index in [1.807, 2.05) is 6.08 Å². The van der Waals surface area contributed by atoms with Crippen molar-refractivity contribution in [3.8, 4) is 0 Å². The number of unbranched alkanes of at least 4 members (excludes halogenated alkanes) is 15. The third-order valence-electron chi connectivity index (χ3n) is 7.37. The van der Waals surface area contributed by atoms with Crippen molar-refractivity contribution in [3.63, 3.8) is 0 Å². The molecule has 0 aliphatic carbocycles. The van der Waals surface area contributed by atoms with Crippen LogP contribution in [0.25, 0.3) is 0 Å². The number of carbonyl (C=O) groups is 1. The van der Waals surface area contributed by atoms with Crippen molar-refractivity contribution in [2.75, 3.05) is 19.8 Å². The number of rotatable bonds is 31. The average Bonchev–Trinajstić information content (AvgIpc) is 2.97. The van der Waals surface area contributed by atoms with Gasteiger partial charge in [0.1, 0.15) is 0 Å². The van der Waals surface area contributed by atoms with Crippen LogP contribution in [-0.2, 0) is 18.4 Å². The fourth-order valence-corrected chi connectivity index (χ4v) is 5.53. The van der Waals surface area contributed by atoms with Gasteiger partial charge < -0.3 is 26.2 Å². The first-order valence-corrected chi connectivity index (χ1v) is 18.5. The summed E-state index contributed by atoms with van der Waals surface area (Å²) < 4.78 is 21.9. The van der Waals surface area contributed by atoms with Gasteiger partial charge in [-0.25, -0.2) is 4.57 Å². The number of aliphatic hydroxyl groups excluding tert-OH is 2. The van der Waals surface area contributed by atoms with Gasteiger partial charge in [-0.3, -0.25) is 13.8 Å². The summed E-state index contributed by atoms with van der Waals surface area (Å²) in [5.74, 6) is -0.484. The highest BCUT2D eigenvalue weighted by Gasteiger charge is 2.28. The molecule has 0 radical (unpaired) electrons. The number of hydrogen-bond donors (Lipinski definition) is 5. The molecule has 0 spiro atoms. The number of amides is 1. The summed E-state index contributed by atoms with van der Waals surface area (Å²) in [5, 5.41) is 23.8. The Labute approximate surface area is 262 Å². The summed E-state index contributed by atoms with van der Waals surface area (Å²) in [4.78, 5) is 22.5. The summed E-state index contributed by atoms with van der Waals surface area (Å²) in [6.45, 7) is 3.93. The Morgan fingerprint density at radius 3 is 1.95 bits per heavy atom. The largest absolute Gasteiger partial charge is 0.472 e. The van der Waals surface area contributed by atoms with E-state index in [1.165, 1.54) is 77.0 Å². The number of hydrogen-bond acceptors (Lipinski definition) is 7. The van der Waals surface area contributed by atoms with Crippen LogP contribution in [0.2, 0.25) is 0 Å². The topological polar surface area (TPSA) is 151 Å². The van der Waals surface area contributed by atoms with Gasteiger partial charge in [-0.1, -0.05) is 134 Å². The van der Waals surface area contributed by atoms with Crippen molar-refractivity contribution in [1.82, 2.24) is 5.32 Å². The smallest absolute Gasteiger partial charge is 0.391 e. The predicted molar refractivity (Wildman–Crippen MR) is 177 cm³/mol. The van der Waals surface area contributed by atoms with E-state index in [2.05, 4.69) is 31.3 Å². The van der Waals surface area contributed by atoms with Gasteiger partial charge in [-0.2, -0.15) is 0 Å². The third-order valence-corrected chi connectivity index (χ3v) is 8.35. The molecule has 10 heteroatoms. The van der Waals surface area contributed by atoms with Crippen molar-refractivity contribution >= 4 is 13.7 Å². The molecule has 1 amide bonds. The number of allylic oxidation sites excluding steroid dienone is 3. The molecule has 0 bridgehead atoms. The number of nitrogens with one attached hydrogen (secondary N) is 1. The standard InChI is InChI=1S/C33H65N2O7P/c1-3-5-7-9-11-13-15-16-18-20-22-24-30(36)28-33(38)35-31(29-42-43(39,40)41-27-26-34)32(37)25-23-21-19-17-14-12-10-8-6-4-2/h16,18,22,24,30-32,36-37H,3-15,17,19-21,23,25-29,34H2,1-2H3,(H,35,38)(H,39,40)/b18-16-,24-22-. The Morgan fingerprint density at radius 1 is 0.814 bits per heavy atom. The second kappa shape index (κ2) is 29.6. The molecular formula is C33H65N2O7P. The van der Waals surface area contributed by atoms with E-state index in [1.54, 1.807) is 6.08 Å². The molecule has 0 rings (SSSR count). The Kier molecular flexibility index (Phi) is 28.9. The lowest BCUT2D eigenvalue weighted by molar-refractivity contribution is -0.124. The van der Waals surface area contributed by atoms with Crippen LogP contribution in [0.5, 0.6) is 0 Å². The van der Waals surface area contributed by atoms with Crippen LogP contribution in [0.15, 0.2) is 24.3 Å². The minimum absolute atomic E-state index is 0.0514. The highest BCUT2D eigenvalue weighted by molar-refractivity contribution is 7.47. The van der Waals surface area contributed by atoms with Gasteiger partial charge in [0, 0.05) is 6.54 Å². The molecule has 0 aliphatic rings. The molecule has 9 nitrogen and oxygen atoms in total. The van der Waals surface area contributed by atoms with Gasteiger partial charge >= 0.3 is 7.82 Å². The normalized spacial score (nSPS) is 15.6. The maximum absolute atomic E-state index is 12.6. The zero-order valence-electron chi connectivity index (χ0n) is 27.3. The van der Waals surface area contributed by atoms with Gasteiger partial charge in [0.05, 0.1) is 37.9 Å². The summed E-state index contributed by atoms with van der Waals surface area (Å²) in [6, 6.07) is -0.922. The molecule has 6 N–H and O–H groups in total. The lowest BCUT2D eigenvalue weighted by Gasteiger charge is -2.25. The van der Waals surface area contributed by atoms with E-state index in [-0.39, 0.29) is 19.6 Å². The van der Waals surface area contributed by atoms with Crippen LogP contribution in [0.3, 0.4) is 0 Å². The number of carbonyl (C=O) groups excluding carboxylic acids is 1. The number of phosphoric acid groups is 1. The predicted octanol–water partition coefficient (Wildman–Crippen LogP) is 7.24. The van der Waals surface area contributed by atoms with Crippen LogP contribution in [0.4, 0.5) is 0 Å². The minimum atomic E-state index is -4.37. The van der Waals surface area contributed by atoms with E-state index in [9.17, 15) is 24.5 Å². The quantitative estimate of drug-likeness (QED) is 0.0305. The Balaban J connectivity index is 4.57. The second-order valence-corrected chi connectivity index (χ2v) is 13.0. The summed E-state index contributed by atoms with van der Waals surface area (Å²) in [5.41, 5.74) is 5.32. The molecular weight excluding hydrogens is 567 g/mol. The molecule has 4 unspecified atom stereocenters. The van der Waals surface area contributed by atoms with E-state index < -0.39 is 38.6 Å². The second-order valence-electron chi connectivity index (χ2n) is 11.6. The SMILES string of the molecule is CCCCCCCC/C=C\C/C=C\C(O)CC(=O)NC(COP(=O)(O)OCCN)C(O)CCCCCCCCCCCC. The third kappa shape index (κ3) is 28.2. The Hall–Kier alpha value is -1.06. The van der Waals surface area contributed by atoms with Crippen LogP contribution >= 0.6 is 7.82 Å². The van der Waals surface area contributed by atoms with E-state index in [0.29, 0.717) is 12.8 Å². The fourth-order valence-electron chi connectivity index (χ4n) is 4.77. The molecule has 43 heavy (non-hydrogen) atoms. The van der Waals surface area contributed by atoms with Gasteiger partial charge in [0.2, 0.25) is 5.91 Å². The zero-order chi connectivity index (χ0) is 32.0. The highest BCUT2D eigenvalue weighted by Crippen LogP contribution is 2.43. The van der Waals surface area contributed by atoms with Crippen LogP contribution in [0, 0.1) is 0 Å². The molecule has 0 heterocycles. The monoisotopic (exact) mass is 632 g/mol. The number of aliphatic hydroxyl groups is 2. The molecule has 0 aromatic carbocycles. The van der Waals surface area contributed by atoms with Gasteiger partial charge in [0.15, 0.2) is 0 Å². The molecule has 0 aromatic rings.